The predicted molar refractivity (Wildman–Crippen MR) is 66.3 cm³/mol. The third-order valence-corrected chi connectivity index (χ3v) is 3.09. The lowest BCUT2D eigenvalue weighted by Gasteiger charge is -2.10. The van der Waals surface area contributed by atoms with Crippen LogP contribution in [0.4, 0.5) is 27.4 Å². The van der Waals surface area contributed by atoms with Gasteiger partial charge in [-0.15, -0.1) is 0 Å². The minimum Gasteiger partial charge on any atom is -0.279 e. The summed E-state index contributed by atoms with van der Waals surface area (Å²) in [6, 6.07) is 1.56. The van der Waals surface area contributed by atoms with Crippen LogP contribution >= 0.6 is 8.73 Å². The SMILES string of the molecule is CCc1cc(=O)n(CC)c(=O)n1PC.FF.FF.FF. The van der Waals surface area contributed by atoms with Crippen molar-refractivity contribution in [2.45, 2.75) is 26.8 Å². The van der Waals surface area contributed by atoms with Gasteiger partial charge in [-0.25, -0.2) is 4.79 Å². The molecule has 1 rings (SSSR count). The van der Waals surface area contributed by atoms with E-state index in [1.165, 1.54) is 4.57 Å². The Morgan fingerprint density at radius 2 is 1.50 bits per heavy atom. The Labute approximate surface area is 112 Å². The van der Waals surface area contributed by atoms with Gasteiger partial charge in [0.2, 0.25) is 0 Å². The van der Waals surface area contributed by atoms with E-state index in [1.54, 1.807) is 17.3 Å². The Morgan fingerprint density at radius 1 is 1.05 bits per heavy atom. The Hall–Kier alpha value is -1.31. The van der Waals surface area contributed by atoms with Crippen LogP contribution in [0.25, 0.3) is 0 Å². The number of rotatable bonds is 3. The molecule has 1 aromatic rings. The molecule has 0 aliphatic rings. The molecule has 120 valence electrons. The van der Waals surface area contributed by atoms with Crippen molar-refractivity contribution in [2.24, 2.45) is 0 Å². The van der Waals surface area contributed by atoms with Gasteiger partial charge in [-0.3, -0.25) is 13.7 Å². The lowest BCUT2D eigenvalue weighted by Crippen LogP contribution is -2.38. The molecule has 1 unspecified atom stereocenters. The van der Waals surface area contributed by atoms with Crippen molar-refractivity contribution >= 4 is 8.73 Å². The van der Waals surface area contributed by atoms with Gasteiger partial charge in [-0.05, 0) is 28.7 Å². The smallest absolute Gasteiger partial charge is 0.279 e. The number of halogens is 6. The van der Waals surface area contributed by atoms with Crippen molar-refractivity contribution < 1.29 is 27.4 Å². The third-order valence-electron chi connectivity index (χ3n) is 2.17. The molecule has 0 N–H and O–H groups in total. The van der Waals surface area contributed by atoms with Crippen molar-refractivity contribution in [2.75, 3.05) is 6.66 Å². The molecule has 1 heterocycles. The number of aryl methyl sites for hydroxylation is 1. The molecular weight excluding hydrogens is 313 g/mol. The van der Waals surface area contributed by atoms with E-state index in [9.17, 15) is 9.59 Å². The zero-order chi connectivity index (χ0) is 16.7. The monoisotopic (exact) mass is 328 g/mol. The summed E-state index contributed by atoms with van der Waals surface area (Å²) in [5, 5.41) is 0. The Balaban J connectivity index is -0.000000425. The lowest BCUT2D eigenvalue weighted by atomic mass is 10.3. The summed E-state index contributed by atoms with van der Waals surface area (Å²) in [7, 11) is 0.375. The first kappa shape index (κ1) is 23.8. The second-order valence-electron chi connectivity index (χ2n) is 2.91. The van der Waals surface area contributed by atoms with Crippen molar-refractivity contribution in [3.8, 4) is 0 Å². The lowest BCUT2D eigenvalue weighted by molar-refractivity contribution is 0.108. The van der Waals surface area contributed by atoms with Crippen molar-refractivity contribution in [1.29, 1.82) is 0 Å². The van der Waals surface area contributed by atoms with Gasteiger partial charge < -0.3 is 0 Å². The van der Waals surface area contributed by atoms with Crippen LogP contribution in [0.3, 0.4) is 0 Å². The van der Waals surface area contributed by atoms with Crippen molar-refractivity contribution in [1.82, 2.24) is 8.90 Å². The maximum atomic E-state index is 11.8. The third kappa shape index (κ3) is 6.74. The summed E-state index contributed by atoms with van der Waals surface area (Å²) >= 11 is 0. The molecular formula is C9H15F6N2O2P. The average molecular weight is 328 g/mol. The van der Waals surface area contributed by atoms with E-state index in [4.69, 9.17) is 27.4 Å². The van der Waals surface area contributed by atoms with Crippen LogP contribution in [0.15, 0.2) is 15.7 Å². The molecule has 0 saturated heterocycles. The molecule has 0 radical (unpaired) electrons. The quantitative estimate of drug-likeness (QED) is 0.632. The van der Waals surface area contributed by atoms with Gasteiger partial charge in [0.05, 0.1) is 0 Å². The maximum Gasteiger partial charge on any atom is 0.334 e. The number of aromatic nitrogens is 2. The minimum atomic E-state index is -0.191. The van der Waals surface area contributed by atoms with Crippen LogP contribution in [0, 0.1) is 0 Å². The molecule has 0 saturated carbocycles. The molecule has 20 heavy (non-hydrogen) atoms. The van der Waals surface area contributed by atoms with E-state index < -0.39 is 0 Å². The van der Waals surface area contributed by atoms with Crippen molar-refractivity contribution in [3.63, 3.8) is 0 Å². The first-order valence-electron chi connectivity index (χ1n) is 5.12. The molecule has 0 spiro atoms. The zero-order valence-corrected chi connectivity index (χ0v) is 12.0. The fourth-order valence-corrected chi connectivity index (χ4v) is 2.24. The topological polar surface area (TPSA) is 44.0 Å². The highest BCUT2D eigenvalue weighted by molar-refractivity contribution is 7.35. The largest absolute Gasteiger partial charge is 0.334 e. The molecule has 11 heteroatoms. The van der Waals surface area contributed by atoms with Crippen LogP contribution in [0.2, 0.25) is 0 Å². The van der Waals surface area contributed by atoms with Crippen LogP contribution in [0.1, 0.15) is 19.5 Å². The summed E-state index contributed by atoms with van der Waals surface area (Å²) in [6.07, 6.45) is 0.718. The fourth-order valence-electron chi connectivity index (χ4n) is 1.41. The maximum absolute atomic E-state index is 11.8. The molecule has 4 nitrogen and oxygen atoms in total. The second kappa shape index (κ2) is 15.7. The summed E-state index contributed by atoms with van der Waals surface area (Å²) in [5.41, 5.74) is 0.451. The first-order chi connectivity index (χ1) is 9.65. The van der Waals surface area contributed by atoms with Gasteiger partial charge in [0, 0.05) is 45.8 Å². The van der Waals surface area contributed by atoms with E-state index in [1.807, 2.05) is 13.6 Å². The number of hydrogen-bond acceptors (Lipinski definition) is 2. The first-order valence-corrected chi connectivity index (χ1v) is 6.56. The van der Waals surface area contributed by atoms with Crippen molar-refractivity contribution in [3.05, 3.63) is 32.6 Å². The zero-order valence-electron chi connectivity index (χ0n) is 11.0. The predicted octanol–water partition coefficient (Wildman–Crippen LogP) is 3.18. The Bertz CT molecular complexity index is 451. The van der Waals surface area contributed by atoms with Gasteiger partial charge in [0.1, 0.15) is 0 Å². The van der Waals surface area contributed by atoms with Gasteiger partial charge in [0.15, 0.2) is 0 Å². The van der Waals surface area contributed by atoms with Gasteiger partial charge in [-0.2, -0.15) is 0 Å². The van der Waals surface area contributed by atoms with E-state index in [2.05, 4.69) is 0 Å². The minimum absolute atomic E-state index is 0.183. The standard InChI is InChI=1S/C9H15N2O2P.3F2/c1-4-7-6-8(12)10(5-2)9(13)11(7)14-3;3*1-2/h6,14H,4-5H2,1-3H3;;;. The van der Waals surface area contributed by atoms with Crippen LogP contribution in [-0.4, -0.2) is 15.6 Å². The molecule has 0 aliphatic heterocycles. The molecule has 0 aliphatic carbocycles. The van der Waals surface area contributed by atoms with Gasteiger partial charge in [0.25, 0.3) is 5.56 Å². The molecule has 0 bridgehead atoms. The highest BCUT2D eigenvalue weighted by atomic mass is 31.1. The molecule has 1 aromatic heterocycles. The summed E-state index contributed by atoms with van der Waals surface area (Å²) in [6.45, 7) is 6.12. The summed E-state index contributed by atoms with van der Waals surface area (Å²) in [5.74, 6) is 0. The molecule has 0 fully saturated rings. The van der Waals surface area contributed by atoms with Crippen LogP contribution in [-0.2, 0) is 13.0 Å². The molecule has 1 atom stereocenters. The van der Waals surface area contributed by atoms with Crippen LogP contribution in [0.5, 0.6) is 0 Å². The van der Waals surface area contributed by atoms with Gasteiger partial charge >= 0.3 is 5.69 Å². The highest BCUT2D eigenvalue weighted by Crippen LogP contribution is 2.08. The van der Waals surface area contributed by atoms with E-state index in [0.29, 0.717) is 15.3 Å². The molecule has 0 amide bonds. The average Bonchev–Trinajstić information content (AvgIpc) is 2.53. The fraction of sp³-hybridized carbons (Fsp3) is 0.556. The summed E-state index contributed by atoms with van der Waals surface area (Å²) in [4.78, 5) is 23.2. The normalized spacial score (nSPS) is 8.85. The van der Waals surface area contributed by atoms with E-state index in [-0.39, 0.29) is 11.2 Å². The number of nitrogens with zero attached hydrogens (tertiary/aromatic N) is 2. The Kier molecular flexibility index (Phi) is 18.7. The van der Waals surface area contributed by atoms with Gasteiger partial charge in [-0.1, -0.05) is 6.92 Å². The van der Waals surface area contributed by atoms with E-state index in [0.717, 1.165) is 12.1 Å². The van der Waals surface area contributed by atoms with Crippen LogP contribution < -0.4 is 11.2 Å². The number of hydrogen-bond donors (Lipinski definition) is 0. The van der Waals surface area contributed by atoms with E-state index >= 15 is 0 Å². The Morgan fingerprint density at radius 3 is 1.80 bits per heavy atom. The highest BCUT2D eigenvalue weighted by Gasteiger charge is 2.06. The summed E-state index contributed by atoms with van der Waals surface area (Å²) < 4.78 is 50.9. The molecule has 0 aromatic carbocycles. The second-order valence-corrected chi connectivity index (χ2v) is 3.81.